The van der Waals surface area contributed by atoms with Gasteiger partial charge in [-0.15, -0.1) is 0 Å². The van der Waals surface area contributed by atoms with Crippen LogP contribution in [0.25, 0.3) is 0 Å². The van der Waals surface area contributed by atoms with Gasteiger partial charge in [-0.2, -0.15) is 0 Å². The molecule has 1 atom stereocenters. The molecule has 1 fully saturated rings. The molecular formula is C20H20N2O2. The Labute approximate surface area is 141 Å². The number of nitrogens with zero attached hydrogens (tertiary/aromatic N) is 2. The number of carbonyl (C=O) groups excluding carboxylic acids is 2. The van der Waals surface area contributed by atoms with Crippen LogP contribution in [0.1, 0.15) is 39.1 Å². The first-order valence-electron chi connectivity index (χ1n) is 8.47. The Bertz CT molecular complexity index is 737. The Hall–Kier alpha value is -2.46. The SMILES string of the molecule is O=C1c2ccccc2C(=O)N1[C@@H]1CCCN(Cc2ccccc2)C1. The maximum absolute atomic E-state index is 12.7. The number of hydrogen-bond donors (Lipinski definition) is 0. The molecule has 4 nitrogen and oxygen atoms in total. The van der Waals surface area contributed by atoms with Crippen molar-refractivity contribution in [3.05, 3.63) is 71.3 Å². The minimum Gasteiger partial charge on any atom is -0.297 e. The van der Waals surface area contributed by atoms with Crippen LogP contribution in [0.4, 0.5) is 0 Å². The van der Waals surface area contributed by atoms with Crippen LogP contribution in [0.2, 0.25) is 0 Å². The molecule has 2 aromatic carbocycles. The Balaban J connectivity index is 1.51. The lowest BCUT2D eigenvalue weighted by Crippen LogP contribution is -2.49. The molecule has 2 aromatic rings. The lowest BCUT2D eigenvalue weighted by atomic mass is 10.0. The number of hydrogen-bond acceptors (Lipinski definition) is 3. The predicted octanol–water partition coefficient (Wildman–Crippen LogP) is 2.95. The van der Waals surface area contributed by atoms with E-state index in [0.29, 0.717) is 11.1 Å². The normalized spacial score (nSPS) is 21.2. The quantitative estimate of drug-likeness (QED) is 0.817. The highest BCUT2D eigenvalue weighted by atomic mass is 16.2. The molecule has 0 spiro atoms. The molecular weight excluding hydrogens is 300 g/mol. The molecule has 0 bridgehead atoms. The maximum Gasteiger partial charge on any atom is 0.261 e. The number of rotatable bonds is 3. The molecule has 24 heavy (non-hydrogen) atoms. The van der Waals surface area contributed by atoms with Gasteiger partial charge in [-0.1, -0.05) is 42.5 Å². The zero-order valence-electron chi connectivity index (χ0n) is 13.5. The van der Waals surface area contributed by atoms with Gasteiger partial charge in [0.1, 0.15) is 0 Å². The third-order valence-electron chi connectivity index (χ3n) is 4.92. The van der Waals surface area contributed by atoms with E-state index in [9.17, 15) is 9.59 Å². The van der Waals surface area contributed by atoms with Crippen molar-refractivity contribution in [1.29, 1.82) is 0 Å². The molecule has 0 radical (unpaired) electrons. The first kappa shape index (κ1) is 15.1. The van der Waals surface area contributed by atoms with Crippen molar-refractivity contribution in [1.82, 2.24) is 9.80 Å². The molecule has 2 aliphatic rings. The third kappa shape index (κ3) is 2.63. The van der Waals surface area contributed by atoms with Gasteiger partial charge in [-0.25, -0.2) is 0 Å². The van der Waals surface area contributed by atoms with Crippen LogP contribution >= 0.6 is 0 Å². The lowest BCUT2D eigenvalue weighted by Gasteiger charge is -2.36. The molecule has 2 heterocycles. The Kier molecular flexibility index (Phi) is 3.90. The van der Waals surface area contributed by atoms with E-state index in [1.54, 1.807) is 12.1 Å². The fourth-order valence-corrected chi connectivity index (χ4v) is 3.77. The summed E-state index contributed by atoms with van der Waals surface area (Å²) in [6.45, 7) is 2.62. The second kappa shape index (κ2) is 6.21. The van der Waals surface area contributed by atoms with Crippen molar-refractivity contribution in [2.45, 2.75) is 25.4 Å². The van der Waals surface area contributed by atoms with E-state index < -0.39 is 0 Å². The molecule has 0 unspecified atom stereocenters. The van der Waals surface area contributed by atoms with Crippen molar-refractivity contribution in [3.63, 3.8) is 0 Å². The molecule has 0 saturated carbocycles. The van der Waals surface area contributed by atoms with E-state index in [1.165, 1.54) is 10.5 Å². The van der Waals surface area contributed by atoms with Gasteiger partial charge in [-0.3, -0.25) is 19.4 Å². The highest BCUT2D eigenvalue weighted by molar-refractivity contribution is 6.21. The second-order valence-electron chi connectivity index (χ2n) is 6.54. The van der Waals surface area contributed by atoms with Crippen LogP contribution in [0, 0.1) is 0 Å². The number of fused-ring (bicyclic) bond motifs is 1. The fraction of sp³-hybridized carbons (Fsp3) is 0.300. The Morgan fingerprint density at radius 1 is 0.875 bits per heavy atom. The van der Waals surface area contributed by atoms with Gasteiger partial charge in [0, 0.05) is 13.1 Å². The van der Waals surface area contributed by atoms with E-state index in [4.69, 9.17) is 0 Å². The molecule has 2 aliphatic heterocycles. The number of amides is 2. The van der Waals surface area contributed by atoms with Crippen molar-refractivity contribution < 1.29 is 9.59 Å². The van der Waals surface area contributed by atoms with Gasteiger partial charge in [0.05, 0.1) is 17.2 Å². The van der Waals surface area contributed by atoms with Gasteiger partial charge in [0.2, 0.25) is 0 Å². The third-order valence-corrected chi connectivity index (χ3v) is 4.92. The Morgan fingerprint density at radius 2 is 1.50 bits per heavy atom. The zero-order valence-corrected chi connectivity index (χ0v) is 13.5. The van der Waals surface area contributed by atoms with E-state index in [-0.39, 0.29) is 17.9 Å². The number of imide groups is 1. The summed E-state index contributed by atoms with van der Waals surface area (Å²) < 4.78 is 0. The zero-order chi connectivity index (χ0) is 16.5. The molecule has 122 valence electrons. The highest BCUT2D eigenvalue weighted by Gasteiger charge is 2.40. The summed E-state index contributed by atoms with van der Waals surface area (Å²) in [4.78, 5) is 29.1. The smallest absolute Gasteiger partial charge is 0.261 e. The number of piperidine rings is 1. The number of carbonyl (C=O) groups is 2. The van der Waals surface area contributed by atoms with Gasteiger partial charge < -0.3 is 0 Å². The van der Waals surface area contributed by atoms with Gasteiger partial charge in [0.25, 0.3) is 11.8 Å². The standard InChI is InChI=1S/C20H20N2O2/c23-19-17-10-4-5-11-18(17)20(24)22(19)16-9-6-12-21(14-16)13-15-7-2-1-3-8-15/h1-5,7-8,10-11,16H,6,9,12-14H2/t16-/m1/s1. The van der Waals surface area contributed by atoms with Crippen molar-refractivity contribution in [3.8, 4) is 0 Å². The Morgan fingerprint density at radius 3 is 2.17 bits per heavy atom. The lowest BCUT2D eigenvalue weighted by molar-refractivity contribution is 0.0475. The minimum absolute atomic E-state index is 0.0325. The van der Waals surface area contributed by atoms with Crippen LogP contribution in [-0.2, 0) is 6.54 Å². The summed E-state index contributed by atoms with van der Waals surface area (Å²) in [6.07, 6.45) is 1.89. The van der Waals surface area contributed by atoms with Crippen molar-refractivity contribution >= 4 is 11.8 Å². The van der Waals surface area contributed by atoms with E-state index in [0.717, 1.165) is 32.5 Å². The minimum atomic E-state index is -0.137. The van der Waals surface area contributed by atoms with Crippen LogP contribution in [0.3, 0.4) is 0 Å². The average molecular weight is 320 g/mol. The molecule has 0 N–H and O–H groups in total. The second-order valence-corrected chi connectivity index (χ2v) is 6.54. The monoisotopic (exact) mass is 320 g/mol. The molecule has 1 saturated heterocycles. The molecule has 4 heteroatoms. The van der Waals surface area contributed by atoms with Crippen LogP contribution < -0.4 is 0 Å². The van der Waals surface area contributed by atoms with E-state index in [2.05, 4.69) is 17.0 Å². The molecule has 0 aromatic heterocycles. The fourth-order valence-electron chi connectivity index (χ4n) is 3.77. The summed E-state index contributed by atoms with van der Waals surface area (Å²) in [5, 5.41) is 0. The molecule has 2 amide bonds. The number of benzene rings is 2. The summed E-state index contributed by atoms with van der Waals surface area (Å²) >= 11 is 0. The van der Waals surface area contributed by atoms with Crippen LogP contribution in [0.15, 0.2) is 54.6 Å². The van der Waals surface area contributed by atoms with Gasteiger partial charge in [0.15, 0.2) is 0 Å². The maximum atomic E-state index is 12.7. The van der Waals surface area contributed by atoms with E-state index in [1.807, 2.05) is 30.3 Å². The molecule has 4 rings (SSSR count). The van der Waals surface area contributed by atoms with Crippen LogP contribution in [-0.4, -0.2) is 40.7 Å². The van der Waals surface area contributed by atoms with Crippen molar-refractivity contribution in [2.24, 2.45) is 0 Å². The average Bonchev–Trinajstić information content (AvgIpc) is 2.87. The topological polar surface area (TPSA) is 40.6 Å². The van der Waals surface area contributed by atoms with Crippen molar-refractivity contribution in [2.75, 3.05) is 13.1 Å². The largest absolute Gasteiger partial charge is 0.297 e. The van der Waals surface area contributed by atoms with Crippen LogP contribution in [0.5, 0.6) is 0 Å². The summed E-state index contributed by atoms with van der Waals surface area (Å²) in [7, 11) is 0. The predicted molar refractivity (Wildman–Crippen MR) is 91.7 cm³/mol. The number of likely N-dealkylation sites (tertiary alicyclic amines) is 1. The highest BCUT2D eigenvalue weighted by Crippen LogP contribution is 2.28. The van der Waals surface area contributed by atoms with E-state index >= 15 is 0 Å². The first-order chi connectivity index (χ1) is 11.7. The first-order valence-corrected chi connectivity index (χ1v) is 8.47. The van der Waals surface area contributed by atoms with Gasteiger partial charge in [-0.05, 0) is 37.1 Å². The summed E-state index contributed by atoms with van der Waals surface area (Å²) in [5.41, 5.74) is 2.35. The summed E-state index contributed by atoms with van der Waals surface area (Å²) in [5.74, 6) is -0.274. The summed E-state index contributed by atoms with van der Waals surface area (Å²) in [6, 6.07) is 17.4. The molecule has 0 aliphatic carbocycles. The van der Waals surface area contributed by atoms with Gasteiger partial charge >= 0.3 is 0 Å².